The molecule has 170 valence electrons. The maximum absolute atomic E-state index is 12.7. The maximum atomic E-state index is 12.7. The van der Waals surface area contributed by atoms with Gasteiger partial charge in [-0.1, -0.05) is 42.5 Å². The predicted molar refractivity (Wildman–Crippen MR) is 126 cm³/mol. The van der Waals surface area contributed by atoms with Crippen LogP contribution in [0.15, 0.2) is 66.9 Å². The van der Waals surface area contributed by atoms with E-state index in [0.29, 0.717) is 12.1 Å². The molecule has 3 aromatic rings. The Hall–Kier alpha value is -3.62. The van der Waals surface area contributed by atoms with Crippen LogP contribution in [0.5, 0.6) is 0 Å². The lowest BCUT2D eigenvalue weighted by molar-refractivity contribution is -0.384. The van der Waals surface area contributed by atoms with Crippen LogP contribution in [-0.2, 0) is 16.0 Å². The van der Waals surface area contributed by atoms with Crippen molar-refractivity contribution < 1.29 is 14.5 Å². The van der Waals surface area contributed by atoms with E-state index < -0.39 is 4.92 Å². The van der Waals surface area contributed by atoms with Crippen molar-refractivity contribution in [2.24, 2.45) is 0 Å². The minimum atomic E-state index is -0.416. The Labute approximate surface area is 192 Å². The predicted octanol–water partition coefficient (Wildman–Crippen LogP) is 3.31. The molecule has 0 spiro atoms. The molecule has 0 bridgehead atoms. The third-order valence-electron chi connectivity index (χ3n) is 5.63. The lowest BCUT2D eigenvalue weighted by Gasteiger charge is -2.26. The van der Waals surface area contributed by atoms with Crippen molar-refractivity contribution in [1.82, 2.24) is 15.2 Å². The van der Waals surface area contributed by atoms with Crippen LogP contribution in [0.1, 0.15) is 5.56 Å². The fourth-order valence-corrected chi connectivity index (χ4v) is 3.86. The number of hydrogen-bond donors (Lipinski definition) is 1. The summed E-state index contributed by atoms with van der Waals surface area (Å²) in [5.41, 5.74) is 3.85. The lowest BCUT2D eigenvalue weighted by Crippen LogP contribution is -2.41. The molecule has 1 amide bonds. The van der Waals surface area contributed by atoms with Crippen LogP contribution in [0, 0.1) is 10.1 Å². The molecule has 8 nitrogen and oxygen atoms in total. The first-order valence-electron chi connectivity index (χ1n) is 11.0. The van der Waals surface area contributed by atoms with E-state index in [1.165, 1.54) is 12.1 Å². The Balaban J connectivity index is 1.55. The number of carbonyl (C=O) groups is 1. The molecule has 4 rings (SSSR count). The van der Waals surface area contributed by atoms with Gasteiger partial charge in [-0.2, -0.15) is 0 Å². The highest BCUT2D eigenvalue weighted by Crippen LogP contribution is 2.30. The second kappa shape index (κ2) is 10.8. The number of aromatic nitrogens is 1. The molecule has 2 heterocycles. The van der Waals surface area contributed by atoms with Crippen LogP contribution < -0.4 is 5.32 Å². The van der Waals surface area contributed by atoms with Crippen molar-refractivity contribution in [1.29, 1.82) is 0 Å². The third-order valence-corrected chi connectivity index (χ3v) is 5.63. The van der Waals surface area contributed by atoms with Crippen molar-refractivity contribution in [2.45, 2.75) is 6.42 Å². The van der Waals surface area contributed by atoms with Crippen LogP contribution >= 0.6 is 0 Å². The normalized spacial score (nSPS) is 14.1. The number of nitrogens with zero attached hydrogens (tertiary/aromatic N) is 3. The Morgan fingerprint density at radius 3 is 2.58 bits per heavy atom. The Bertz CT molecular complexity index is 1110. The van der Waals surface area contributed by atoms with E-state index in [9.17, 15) is 14.9 Å². The van der Waals surface area contributed by atoms with Gasteiger partial charge in [0.25, 0.3) is 5.69 Å². The fraction of sp³-hybridized carbons (Fsp3) is 0.280. The van der Waals surface area contributed by atoms with Gasteiger partial charge in [-0.05, 0) is 22.8 Å². The van der Waals surface area contributed by atoms with Crippen molar-refractivity contribution in [3.63, 3.8) is 0 Å². The molecule has 1 aliphatic heterocycles. The summed E-state index contributed by atoms with van der Waals surface area (Å²) in [6.07, 6.45) is 1.83. The Morgan fingerprint density at radius 2 is 1.82 bits per heavy atom. The molecule has 0 atom stereocenters. The van der Waals surface area contributed by atoms with Crippen LogP contribution in [0.3, 0.4) is 0 Å². The Kier molecular flexibility index (Phi) is 7.39. The van der Waals surface area contributed by atoms with Crippen LogP contribution in [0.25, 0.3) is 22.4 Å². The summed E-state index contributed by atoms with van der Waals surface area (Å²) in [5, 5.41) is 14.3. The number of nitro benzene ring substituents is 1. The number of non-ortho nitro benzene ring substituents is 1. The van der Waals surface area contributed by atoms with Crippen molar-refractivity contribution in [3.8, 4) is 22.4 Å². The first-order valence-corrected chi connectivity index (χ1v) is 11.0. The van der Waals surface area contributed by atoms with Gasteiger partial charge in [0, 0.05) is 50.1 Å². The number of nitrogens with one attached hydrogen (secondary N) is 1. The average molecular weight is 447 g/mol. The molecule has 2 aromatic carbocycles. The fourth-order valence-electron chi connectivity index (χ4n) is 3.86. The molecule has 0 radical (unpaired) electrons. The molecule has 0 saturated carbocycles. The second-order valence-electron chi connectivity index (χ2n) is 7.88. The van der Waals surface area contributed by atoms with E-state index in [2.05, 4.69) is 15.2 Å². The highest BCUT2D eigenvalue weighted by Gasteiger charge is 2.16. The number of amides is 1. The molecule has 1 aromatic heterocycles. The van der Waals surface area contributed by atoms with Crippen LogP contribution in [-0.4, -0.2) is 60.1 Å². The number of ether oxygens (including phenoxy) is 1. The monoisotopic (exact) mass is 446 g/mol. The van der Waals surface area contributed by atoms with Gasteiger partial charge >= 0.3 is 0 Å². The zero-order chi connectivity index (χ0) is 23.0. The standard InChI is InChI=1S/C25H26N4O4/c30-25(26-9-10-28-11-13-33-14-12-28)16-21-18-27-24(19-5-2-1-3-6-19)17-23(21)20-7-4-8-22(15-20)29(31)32/h1-8,15,17-18H,9-14,16H2,(H,26,30). The van der Waals surface area contributed by atoms with Crippen LogP contribution in [0.4, 0.5) is 5.69 Å². The highest BCUT2D eigenvalue weighted by molar-refractivity contribution is 5.83. The minimum absolute atomic E-state index is 0.00601. The van der Waals surface area contributed by atoms with Crippen LogP contribution in [0.2, 0.25) is 0 Å². The molecular weight excluding hydrogens is 420 g/mol. The van der Waals surface area contributed by atoms with E-state index in [1.54, 1.807) is 12.3 Å². The summed E-state index contributed by atoms with van der Waals surface area (Å²) in [4.78, 5) is 30.4. The molecular formula is C25H26N4O4. The van der Waals surface area contributed by atoms with E-state index in [-0.39, 0.29) is 18.0 Å². The number of hydrogen-bond acceptors (Lipinski definition) is 6. The number of nitro groups is 1. The second-order valence-corrected chi connectivity index (χ2v) is 7.88. The molecule has 0 aliphatic carbocycles. The van der Waals surface area contributed by atoms with E-state index in [1.807, 2.05) is 42.5 Å². The number of morpholine rings is 1. The molecule has 1 fully saturated rings. The summed E-state index contributed by atoms with van der Waals surface area (Å²) in [5.74, 6) is -0.107. The summed E-state index contributed by atoms with van der Waals surface area (Å²) >= 11 is 0. The van der Waals surface area contributed by atoms with Gasteiger partial charge in [0.1, 0.15) is 0 Å². The van der Waals surface area contributed by atoms with E-state index in [0.717, 1.165) is 55.2 Å². The summed E-state index contributed by atoms with van der Waals surface area (Å²) in [7, 11) is 0. The number of benzene rings is 2. The van der Waals surface area contributed by atoms with Gasteiger partial charge in [0.2, 0.25) is 5.91 Å². The minimum Gasteiger partial charge on any atom is -0.379 e. The van der Waals surface area contributed by atoms with Gasteiger partial charge < -0.3 is 10.1 Å². The molecule has 8 heteroatoms. The van der Waals surface area contributed by atoms with Crippen molar-refractivity contribution in [2.75, 3.05) is 39.4 Å². The number of rotatable bonds is 8. The van der Waals surface area contributed by atoms with Crippen molar-refractivity contribution in [3.05, 3.63) is 82.5 Å². The van der Waals surface area contributed by atoms with Gasteiger partial charge in [-0.25, -0.2) is 0 Å². The Morgan fingerprint density at radius 1 is 1.06 bits per heavy atom. The van der Waals surface area contributed by atoms with Gasteiger partial charge in [-0.15, -0.1) is 0 Å². The van der Waals surface area contributed by atoms with Gasteiger partial charge in [0.15, 0.2) is 0 Å². The largest absolute Gasteiger partial charge is 0.379 e. The zero-order valence-electron chi connectivity index (χ0n) is 18.3. The molecule has 1 N–H and O–H groups in total. The quantitative estimate of drug-likeness (QED) is 0.421. The summed E-state index contributed by atoms with van der Waals surface area (Å²) < 4.78 is 5.35. The SMILES string of the molecule is O=C(Cc1cnc(-c2ccccc2)cc1-c1cccc([N+](=O)[O-])c1)NCCN1CCOCC1. The molecule has 1 aliphatic rings. The average Bonchev–Trinajstić information content (AvgIpc) is 2.85. The van der Waals surface area contributed by atoms with E-state index in [4.69, 9.17) is 4.74 Å². The first-order chi connectivity index (χ1) is 16.1. The maximum Gasteiger partial charge on any atom is 0.270 e. The molecule has 0 unspecified atom stereocenters. The van der Waals surface area contributed by atoms with Crippen molar-refractivity contribution >= 4 is 11.6 Å². The zero-order valence-corrected chi connectivity index (χ0v) is 18.3. The molecule has 1 saturated heterocycles. The smallest absolute Gasteiger partial charge is 0.270 e. The third kappa shape index (κ3) is 6.00. The van der Waals surface area contributed by atoms with Gasteiger partial charge in [-0.3, -0.25) is 24.8 Å². The topological polar surface area (TPSA) is 97.6 Å². The van der Waals surface area contributed by atoms with Gasteiger partial charge in [0.05, 0.1) is 30.3 Å². The number of pyridine rings is 1. The van der Waals surface area contributed by atoms with E-state index >= 15 is 0 Å². The first kappa shape index (κ1) is 22.6. The summed E-state index contributed by atoms with van der Waals surface area (Å²) in [6, 6.07) is 18.1. The number of carbonyl (C=O) groups excluding carboxylic acids is 1. The molecule has 33 heavy (non-hydrogen) atoms. The lowest BCUT2D eigenvalue weighted by atomic mass is 9.96. The summed E-state index contributed by atoms with van der Waals surface area (Å²) in [6.45, 7) is 4.52. The highest BCUT2D eigenvalue weighted by atomic mass is 16.6.